The molecule has 12 heteroatoms. The van der Waals surface area contributed by atoms with Crippen LogP contribution in [0, 0.1) is 6.92 Å². The Hall–Kier alpha value is -4.26. The minimum atomic E-state index is -0.617. The summed E-state index contributed by atoms with van der Waals surface area (Å²) in [6, 6.07) is 17.3. The molecule has 200 valence electrons. The van der Waals surface area contributed by atoms with Gasteiger partial charge >= 0.3 is 0 Å². The molecule has 0 saturated carbocycles. The van der Waals surface area contributed by atoms with E-state index in [9.17, 15) is 14.4 Å². The molecule has 4 aromatic heterocycles. The van der Waals surface area contributed by atoms with Crippen LogP contribution in [0.2, 0.25) is 0 Å². The highest BCUT2D eigenvalue weighted by atomic mass is 32.2. The van der Waals surface area contributed by atoms with Crippen molar-refractivity contribution in [2.45, 2.75) is 30.1 Å². The number of para-hydroxylation sites is 1. The van der Waals surface area contributed by atoms with E-state index in [1.807, 2.05) is 47.8 Å². The summed E-state index contributed by atoms with van der Waals surface area (Å²) in [4.78, 5) is 52.0. The van der Waals surface area contributed by atoms with E-state index in [4.69, 9.17) is 4.42 Å². The molecule has 1 atom stereocenters. The molecule has 1 amide bonds. The zero-order chi connectivity index (χ0) is 27.8. The van der Waals surface area contributed by atoms with E-state index in [1.54, 1.807) is 36.6 Å². The lowest BCUT2D eigenvalue weighted by molar-refractivity contribution is -0.113. The second kappa shape index (κ2) is 10.7. The summed E-state index contributed by atoms with van der Waals surface area (Å²) in [6.07, 6.45) is 1.66. The number of aromatic amines is 1. The van der Waals surface area contributed by atoms with E-state index in [0.29, 0.717) is 48.0 Å². The van der Waals surface area contributed by atoms with Crippen molar-refractivity contribution in [1.29, 1.82) is 0 Å². The first-order valence-corrected chi connectivity index (χ1v) is 14.6. The van der Waals surface area contributed by atoms with Gasteiger partial charge in [0.15, 0.2) is 15.1 Å². The number of nitrogens with one attached hydrogen (secondary N) is 2. The smallest absolute Gasteiger partial charge is 0.271 e. The van der Waals surface area contributed by atoms with Gasteiger partial charge in [-0.25, -0.2) is 9.98 Å². The van der Waals surface area contributed by atoms with E-state index < -0.39 is 6.04 Å². The van der Waals surface area contributed by atoms with Crippen molar-refractivity contribution >= 4 is 52.1 Å². The third kappa shape index (κ3) is 5.16. The minimum Gasteiger partial charge on any atom is -0.450 e. The van der Waals surface area contributed by atoms with Gasteiger partial charge in [0.2, 0.25) is 0 Å². The largest absolute Gasteiger partial charge is 0.450 e. The molecule has 1 aliphatic rings. The number of nitrogens with zero attached hydrogens (tertiary/aromatic N) is 3. The molecule has 0 radical (unpaired) electrons. The number of amides is 1. The summed E-state index contributed by atoms with van der Waals surface area (Å²) in [5.74, 6) is 0.156. The number of furan rings is 1. The van der Waals surface area contributed by atoms with Crippen molar-refractivity contribution in [3.63, 3.8) is 0 Å². The van der Waals surface area contributed by atoms with Crippen LogP contribution in [0.5, 0.6) is 0 Å². The summed E-state index contributed by atoms with van der Waals surface area (Å²) in [5.41, 5.74) is 1.72. The maximum absolute atomic E-state index is 13.8. The zero-order valence-electron chi connectivity index (χ0n) is 21.2. The van der Waals surface area contributed by atoms with Crippen LogP contribution in [0.1, 0.15) is 29.3 Å². The molecular formula is C28H21N5O4S3. The first kappa shape index (κ1) is 26.0. The number of aryl methyl sites for hydroxylation is 1. The Morgan fingerprint density at radius 1 is 1.12 bits per heavy atom. The van der Waals surface area contributed by atoms with Crippen molar-refractivity contribution < 1.29 is 9.21 Å². The Balaban J connectivity index is 1.37. The Morgan fingerprint density at radius 3 is 2.70 bits per heavy atom. The Kier molecular flexibility index (Phi) is 6.96. The number of carbonyl (C=O) groups excluding carboxylic acids is 1. The predicted octanol–water partition coefficient (Wildman–Crippen LogP) is 4.07. The van der Waals surface area contributed by atoms with Crippen LogP contribution in [0.25, 0.3) is 6.08 Å². The van der Waals surface area contributed by atoms with Gasteiger partial charge in [0.25, 0.3) is 17.0 Å². The highest BCUT2D eigenvalue weighted by molar-refractivity contribution is 7.99. The lowest BCUT2D eigenvalue weighted by Crippen LogP contribution is -2.40. The predicted molar refractivity (Wildman–Crippen MR) is 156 cm³/mol. The average molecular weight is 588 g/mol. The number of aromatic nitrogens is 3. The lowest BCUT2D eigenvalue weighted by Gasteiger charge is -2.24. The zero-order valence-corrected chi connectivity index (χ0v) is 23.7. The molecule has 9 nitrogen and oxygen atoms in total. The molecule has 0 aliphatic carbocycles. The molecule has 0 unspecified atom stereocenters. The summed E-state index contributed by atoms with van der Waals surface area (Å²) in [7, 11) is 0. The van der Waals surface area contributed by atoms with Crippen molar-refractivity contribution in [3.8, 4) is 0 Å². The number of allylic oxidation sites excluding steroid dienone is 1. The molecule has 40 heavy (non-hydrogen) atoms. The molecule has 5 aromatic rings. The van der Waals surface area contributed by atoms with Gasteiger partial charge in [-0.3, -0.25) is 19.0 Å². The van der Waals surface area contributed by atoms with Gasteiger partial charge in [-0.1, -0.05) is 35.6 Å². The minimum absolute atomic E-state index is 0.240. The Labute approximate surface area is 239 Å². The third-order valence-electron chi connectivity index (χ3n) is 6.03. The fraction of sp³-hybridized carbons (Fsp3) is 0.107. The summed E-state index contributed by atoms with van der Waals surface area (Å²) in [5, 5.41) is 5.79. The number of carbonyl (C=O) groups is 1. The number of thiazole rings is 1. The first-order chi connectivity index (χ1) is 19.4. The normalized spacial score (nSPS) is 15.2. The number of fused-ring (bicyclic) bond motifs is 1. The van der Waals surface area contributed by atoms with Crippen LogP contribution in [0.3, 0.4) is 0 Å². The molecule has 1 aromatic carbocycles. The van der Waals surface area contributed by atoms with Crippen LogP contribution in [-0.4, -0.2) is 20.4 Å². The molecular weight excluding hydrogens is 567 g/mol. The Morgan fingerprint density at radius 2 is 1.95 bits per heavy atom. The SMILES string of the molecule is CC1=C(C(=O)Nc2ccccc2)[C@H](c2cccs2)n2c(s/c(=C/c3ccc(Sc4nc(C)cc(=O)[nH]4)o3)c2=O)=N1. The van der Waals surface area contributed by atoms with Gasteiger partial charge in [0.05, 0.1) is 15.8 Å². The van der Waals surface area contributed by atoms with Gasteiger partial charge in [-0.2, -0.15) is 0 Å². The number of hydrogen-bond donors (Lipinski definition) is 2. The maximum Gasteiger partial charge on any atom is 0.271 e. The quantitative estimate of drug-likeness (QED) is 0.289. The highest BCUT2D eigenvalue weighted by Crippen LogP contribution is 2.33. The maximum atomic E-state index is 13.8. The van der Waals surface area contributed by atoms with Crippen LogP contribution in [-0.2, 0) is 4.79 Å². The lowest BCUT2D eigenvalue weighted by atomic mass is 10.0. The van der Waals surface area contributed by atoms with E-state index in [2.05, 4.69) is 20.3 Å². The standard InChI is InChI=1S/C28H21N5O4S3/c1-15-13-21(34)32-27(29-15)40-22-11-10-18(37-22)14-20-26(36)33-24(19-9-6-12-38-19)23(16(2)30-28(33)39-20)25(35)31-17-7-4-3-5-8-17/h3-14,24H,1-2H3,(H,31,35)(H,29,32,34)/b20-14+/t24-/m0/s1. The second-order valence-corrected chi connectivity index (χ2v) is 11.8. The summed E-state index contributed by atoms with van der Waals surface area (Å²) >= 11 is 3.89. The molecule has 1 aliphatic heterocycles. The number of anilines is 1. The van der Waals surface area contributed by atoms with E-state index in [-0.39, 0.29) is 17.0 Å². The molecule has 0 saturated heterocycles. The summed E-state index contributed by atoms with van der Waals surface area (Å²) < 4.78 is 7.91. The molecule has 6 rings (SSSR count). The second-order valence-electron chi connectivity index (χ2n) is 8.87. The van der Waals surface area contributed by atoms with Crippen LogP contribution in [0.4, 0.5) is 5.69 Å². The van der Waals surface area contributed by atoms with Gasteiger partial charge in [0, 0.05) is 28.4 Å². The van der Waals surface area contributed by atoms with Crippen molar-refractivity contribution in [2.75, 3.05) is 5.32 Å². The fourth-order valence-corrected chi connectivity index (χ4v) is 7.00. The number of thiophene rings is 1. The molecule has 0 bridgehead atoms. The number of benzene rings is 1. The number of H-pyrrole nitrogens is 1. The highest BCUT2D eigenvalue weighted by Gasteiger charge is 2.33. The summed E-state index contributed by atoms with van der Waals surface area (Å²) in [6.45, 7) is 3.53. The Bertz CT molecular complexity index is 2000. The monoisotopic (exact) mass is 587 g/mol. The van der Waals surface area contributed by atoms with E-state index in [0.717, 1.165) is 4.88 Å². The average Bonchev–Trinajstić information content (AvgIpc) is 3.65. The molecule has 0 spiro atoms. The fourth-order valence-electron chi connectivity index (χ4n) is 4.34. The van der Waals surface area contributed by atoms with E-state index in [1.165, 1.54) is 40.5 Å². The van der Waals surface area contributed by atoms with Crippen molar-refractivity contribution in [3.05, 3.63) is 124 Å². The van der Waals surface area contributed by atoms with Crippen LogP contribution >= 0.6 is 34.4 Å². The van der Waals surface area contributed by atoms with Crippen LogP contribution in [0.15, 0.2) is 107 Å². The number of hydrogen-bond acceptors (Lipinski definition) is 9. The van der Waals surface area contributed by atoms with Gasteiger partial charge < -0.3 is 14.7 Å². The number of rotatable bonds is 6. The first-order valence-electron chi connectivity index (χ1n) is 12.1. The topological polar surface area (TPSA) is 122 Å². The van der Waals surface area contributed by atoms with Gasteiger partial charge in [0.1, 0.15) is 11.8 Å². The third-order valence-corrected chi connectivity index (χ3v) is 8.75. The van der Waals surface area contributed by atoms with Gasteiger partial charge in [-0.15, -0.1) is 11.3 Å². The van der Waals surface area contributed by atoms with Crippen molar-refractivity contribution in [2.24, 2.45) is 4.99 Å². The van der Waals surface area contributed by atoms with E-state index >= 15 is 0 Å². The van der Waals surface area contributed by atoms with Crippen molar-refractivity contribution in [1.82, 2.24) is 14.5 Å². The molecule has 0 fully saturated rings. The molecule has 5 heterocycles. The van der Waals surface area contributed by atoms with Gasteiger partial charge in [-0.05, 0) is 61.3 Å². The van der Waals surface area contributed by atoms with Crippen LogP contribution < -0.4 is 25.8 Å². The molecule has 2 N–H and O–H groups in total.